The molecule has 0 aromatic heterocycles. The molecule has 72 valence electrons. The number of allylic oxidation sites excluding steroid dienone is 1. The molecule has 0 aliphatic carbocycles. The SMILES string of the molecule is C=C(C)Br.CCC(=O)OC(C)C. The quantitative estimate of drug-likeness (QED) is 0.689. The molecule has 2 nitrogen and oxygen atoms in total. The molecular formula is C9H17BrO2. The van der Waals surface area contributed by atoms with Crippen molar-refractivity contribution in [2.75, 3.05) is 0 Å². The van der Waals surface area contributed by atoms with E-state index in [0.29, 0.717) is 6.42 Å². The van der Waals surface area contributed by atoms with E-state index in [1.54, 1.807) is 6.92 Å². The number of ether oxygens (including phenoxy) is 1. The van der Waals surface area contributed by atoms with Crippen molar-refractivity contribution >= 4 is 21.9 Å². The van der Waals surface area contributed by atoms with Crippen molar-refractivity contribution in [3.63, 3.8) is 0 Å². The van der Waals surface area contributed by atoms with Crippen LogP contribution < -0.4 is 0 Å². The smallest absolute Gasteiger partial charge is 0.305 e. The van der Waals surface area contributed by atoms with Crippen molar-refractivity contribution < 1.29 is 9.53 Å². The van der Waals surface area contributed by atoms with Crippen molar-refractivity contribution in [1.29, 1.82) is 0 Å². The van der Waals surface area contributed by atoms with Gasteiger partial charge in [0.2, 0.25) is 0 Å². The molecule has 0 atom stereocenters. The van der Waals surface area contributed by atoms with E-state index in [2.05, 4.69) is 22.5 Å². The number of carbonyl (C=O) groups is 1. The number of halogens is 1. The maximum atomic E-state index is 10.4. The van der Waals surface area contributed by atoms with Gasteiger partial charge < -0.3 is 4.74 Å². The van der Waals surface area contributed by atoms with E-state index in [4.69, 9.17) is 4.74 Å². The van der Waals surface area contributed by atoms with Crippen molar-refractivity contribution in [2.24, 2.45) is 0 Å². The molecule has 0 saturated carbocycles. The van der Waals surface area contributed by atoms with Crippen LogP contribution in [-0.2, 0) is 9.53 Å². The molecule has 0 aliphatic heterocycles. The number of rotatable bonds is 2. The van der Waals surface area contributed by atoms with Gasteiger partial charge in [-0.2, -0.15) is 0 Å². The third kappa shape index (κ3) is 22.6. The van der Waals surface area contributed by atoms with Crippen LogP contribution in [0, 0.1) is 0 Å². The predicted octanol–water partition coefficient (Wildman–Crippen LogP) is 3.26. The zero-order valence-corrected chi connectivity index (χ0v) is 9.77. The molecule has 0 radical (unpaired) electrons. The Bertz CT molecular complexity index is 137. The van der Waals surface area contributed by atoms with E-state index >= 15 is 0 Å². The zero-order valence-electron chi connectivity index (χ0n) is 8.19. The molecule has 0 aromatic carbocycles. The van der Waals surface area contributed by atoms with Crippen LogP contribution in [0.5, 0.6) is 0 Å². The molecule has 0 rings (SSSR count). The summed E-state index contributed by atoms with van der Waals surface area (Å²) in [6.07, 6.45) is 0.500. The minimum atomic E-state index is -0.125. The lowest BCUT2D eigenvalue weighted by Gasteiger charge is -2.04. The summed E-state index contributed by atoms with van der Waals surface area (Å²) in [5.41, 5.74) is 0. The summed E-state index contributed by atoms with van der Waals surface area (Å²) in [5.74, 6) is -0.125. The molecule has 0 amide bonds. The Morgan fingerprint density at radius 2 is 1.92 bits per heavy atom. The maximum absolute atomic E-state index is 10.4. The Morgan fingerprint density at radius 1 is 1.58 bits per heavy atom. The first kappa shape index (κ1) is 14.2. The average molecular weight is 237 g/mol. The average Bonchev–Trinajstić information content (AvgIpc) is 1.84. The molecule has 0 fully saturated rings. The monoisotopic (exact) mass is 236 g/mol. The summed E-state index contributed by atoms with van der Waals surface area (Å²) in [6, 6.07) is 0. The standard InChI is InChI=1S/C6H12O2.C3H5Br/c1-4-6(7)8-5(2)3;1-3(2)4/h5H,4H2,1-3H3;1H2,2H3. The van der Waals surface area contributed by atoms with Gasteiger partial charge in [0, 0.05) is 6.42 Å². The van der Waals surface area contributed by atoms with Crippen molar-refractivity contribution in [2.45, 2.75) is 40.2 Å². The highest BCUT2D eigenvalue weighted by molar-refractivity contribution is 9.11. The fourth-order valence-corrected chi connectivity index (χ4v) is 0.346. The molecule has 12 heavy (non-hydrogen) atoms. The molecule has 0 spiro atoms. The van der Waals surface area contributed by atoms with Crippen molar-refractivity contribution in [3.8, 4) is 0 Å². The number of hydrogen-bond donors (Lipinski definition) is 0. The lowest BCUT2D eigenvalue weighted by atomic mass is 10.4. The summed E-state index contributed by atoms with van der Waals surface area (Å²) in [6.45, 7) is 10.8. The molecule has 0 aliphatic rings. The summed E-state index contributed by atoms with van der Waals surface area (Å²) in [4.78, 5) is 10.4. The van der Waals surface area contributed by atoms with Gasteiger partial charge in [0.15, 0.2) is 0 Å². The van der Waals surface area contributed by atoms with Gasteiger partial charge in [-0.25, -0.2) is 0 Å². The molecule has 0 bridgehead atoms. The Morgan fingerprint density at radius 3 is 2.00 bits per heavy atom. The van der Waals surface area contributed by atoms with Gasteiger partial charge >= 0.3 is 5.97 Å². The molecule has 0 unspecified atom stereocenters. The lowest BCUT2D eigenvalue weighted by Crippen LogP contribution is -2.09. The van der Waals surface area contributed by atoms with Gasteiger partial charge in [0.25, 0.3) is 0 Å². The first-order valence-corrected chi connectivity index (χ1v) is 4.69. The van der Waals surface area contributed by atoms with Crippen LogP contribution in [0.2, 0.25) is 0 Å². The minimum Gasteiger partial charge on any atom is -0.463 e. The van der Waals surface area contributed by atoms with Crippen LogP contribution in [0.15, 0.2) is 11.1 Å². The number of carbonyl (C=O) groups excluding carboxylic acids is 1. The molecule has 3 heteroatoms. The van der Waals surface area contributed by atoms with Gasteiger partial charge in [-0.15, -0.1) is 0 Å². The third-order valence-electron chi connectivity index (χ3n) is 0.656. The normalized spacial score (nSPS) is 8.50. The van der Waals surface area contributed by atoms with Crippen molar-refractivity contribution in [3.05, 3.63) is 11.1 Å². The minimum absolute atomic E-state index is 0.0300. The third-order valence-corrected chi connectivity index (χ3v) is 0.656. The van der Waals surface area contributed by atoms with Crippen molar-refractivity contribution in [1.82, 2.24) is 0 Å². The van der Waals surface area contributed by atoms with E-state index < -0.39 is 0 Å². The number of esters is 1. The topological polar surface area (TPSA) is 26.3 Å². The van der Waals surface area contributed by atoms with E-state index in [1.807, 2.05) is 20.8 Å². The fraction of sp³-hybridized carbons (Fsp3) is 0.667. The van der Waals surface area contributed by atoms with Gasteiger partial charge in [-0.3, -0.25) is 4.79 Å². The van der Waals surface area contributed by atoms with Gasteiger partial charge in [-0.05, 0) is 25.3 Å². The summed E-state index contributed by atoms with van der Waals surface area (Å²) < 4.78 is 5.74. The highest BCUT2D eigenvalue weighted by Crippen LogP contribution is 1.93. The predicted molar refractivity (Wildman–Crippen MR) is 55.3 cm³/mol. The Labute approximate surface area is 83.1 Å². The molecule has 0 N–H and O–H groups in total. The van der Waals surface area contributed by atoms with E-state index in [0.717, 1.165) is 4.48 Å². The second-order valence-electron chi connectivity index (χ2n) is 2.57. The second-order valence-corrected chi connectivity index (χ2v) is 3.92. The highest BCUT2D eigenvalue weighted by atomic mass is 79.9. The largest absolute Gasteiger partial charge is 0.463 e. The van der Waals surface area contributed by atoms with Crippen LogP contribution in [0.1, 0.15) is 34.1 Å². The van der Waals surface area contributed by atoms with Crippen LogP contribution >= 0.6 is 15.9 Å². The van der Waals surface area contributed by atoms with Crippen LogP contribution in [0.4, 0.5) is 0 Å². The zero-order chi connectivity index (χ0) is 10.1. The molecule has 0 heterocycles. The van der Waals surface area contributed by atoms with E-state index in [-0.39, 0.29) is 12.1 Å². The van der Waals surface area contributed by atoms with E-state index in [1.165, 1.54) is 0 Å². The van der Waals surface area contributed by atoms with Crippen LogP contribution in [-0.4, -0.2) is 12.1 Å². The molecular weight excluding hydrogens is 220 g/mol. The maximum Gasteiger partial charge on any atom is 0.305 e. The number of hydrogen-bond acceptors (Lipinski definition) is 2. The van der Waals surface area contributed by atoms with Gasteiger partial charge in [0.1, 0.15) is 0 Å². The van der Waals surface area contributed by atoms with Gasteiger partial charge in [-0.1, -0.05) is 29.4 Å². The Balaban J connectivity index is 0. The van der Waals surface area contributed by atoms with E-state index in [9.17, 15) is 4.79 Å². The van der Waals surface area contributed by atoms with Crippen LogP contribution in [0.3, 0.4) is 0 Å². The van der Waals surface area contributed by atoms with Crippen LogP contribution in [0.25, 0.3) is 0 Å². The fourth-order valence-electron chi connectivity index (χ4n) is 0.346. The van der Waals surface area contributed by atoms with Gasteiger partial charge in [0.05, 0.1) is 6.10 Å². The first-order valence-electron chi connectivity index (χ1n) is 3.90. The molecule has 0 saturated heterocycles. The first-order chi connectivity index (χ1) is 5.40. The lowest BCUT2D eigenvalue weighted by molar-refractivity contribution is -0.146. The Kier molecular flexibility index (Phi) is 10.4. The highest BCUT2D eigenvalue weighted by Gasteiger charge is 1.98. The molecule has 0 aromatic rings. The summed E-state index contributed by atoms with van der Waals surface area (Å²) in [5, 5.41) is 0. The Hall–Kier alpha value is -0.310. The summed E-state index contributed by atoms with van der Waals surface area (Å²) in [7, 11) is 0. The summed E-state index contributed by atoms with van der Waals surface area (Å²) >= 11 is 3.08. The second kappa shape index (κ2) is 8.78.